The Morgan fingerprint density at radius 3 is 2.31 bits per heavy atom. The van der Waals surface area contributed by atoms with E-state index in [0.717, 1.165) is 22.6 Å². The zero-order valence-corrected chi connectivity index (χ0v) is 21.5. The monoisotopic (exact) mass is 520 g/mol. The Morgan fingerprint density at radius 1 is 0.923 bits per heavy atom. The van der Waals surface area contributed by atoms with Gasteiger partial charge in [0.25, 0.3) is 0 Å². The Hall–Kier alpha value is -4.91. The Kier molecular flexibility index (Phi) is 7.68. The molecule has 2 heterocycles. The molecule has 0 radical (unpaired) electrons. The molecule has 5 aromatic rings. The lowest BCUT2D eigenvalue weighted by Crippen LogP contribution is -2.20. The zero-order valence-electron chi connectivity index (χ0n) is 21.5. The smallest absolute Gasteiger partial charge is 0.327 e. The van der Waals surface area contributed by atoms with Crippen molar-refractivity contribution in [2.45, 2.75) is 25.8 Å². The number of carboxylic acid groups (broad SMARTS) is 1. The third kappa shape index (κ3) is 6.15. The number of hydrogen-bond acceptors (Lipinski definition) is 5. The van der Waals surface area contributed by atoms with E-state index in [1.165, 1.54) is 0 Å². The standard InChI is InChI=1S/C32H28N2O5/c1-22-28(33-31(39-22)25-10-6-3-7-11-25)17-19-38-27-14-12-23(13-15-27)20-29(32(36)37)34-18-16-26(21-34)30(35)24-8-4-2-5-9-24/h2-16,18,21,29H,17,19-20H2,1H3,(H,36,37). The fourth-order valence-electron chi connectivity index (χ4n) is 4.39. The Morgan fingerprint density at radius 2 is 1.62 bits per heavy atom. The van der Waals surface area contributed by atoms with Crippen LogP contribution in [0.25, 0.3) is 11.5 Å². The number of aryl methyl sites for hydroxylation is 1. The second-order valence-corrected chi connectivity index (χ2v) is 9.23. The van der Waals surface area contributed by atoms with Crippen molar-refractivity contribution in [3.8, 4) is 17.2 Å². The lowest BCUT2D eigenvalue weighted by atomic mass is 10.1. The topological polar surface area (TPSA) is 94.6 Å². The summed E-state index contributed by atoms with van der Waals surface area (Å²) >= 11 is 0. The fraction of sp³-hybridized carbons (Fsp3) is 0.156. The summed E-state index contributed by atoms with van der Waals surface area (Å²) in [6.07, 6.45) is 4.11. The molecule has 1 atom stereocenters. The number of carboxylic acids is 1. The summed E-state index contributed by atoms with van der Waals surface area (Å²) in [5.74, 6) is 0.942. The second kappa shape index (κ2) is 11.6. The van der Waals surface area contributed by atoms with E-state index in [-0.39, 0.29) is 12.2 Å². The molecule has 1 N–H and O–H groups in total. The number of nitrogens with zero attached hydrogens (tertiary/aromatic N) is 2. The number of carbonyl (C=O) groups excluding carboxylic acids is 1. The number of ketones is 1. The molecule has 3 aromatic carbocycles. The van der Waals surface area contributed by atoms with Gasteiger partial charge in [0.2, 0.25) is 5.89 Å². The normalized spacial score (nSPS) is 11.7. The molecule has 0 saturated heterocycles. The Bertz CT molecular complexity index is 1550. The molecule has 0 fully saturated rings. The van der Waals surface area contributed by atoms with Crippen LogP contribution in [0.2, 0.25) is 0 Å². The molecule has 5 rings (SSSR count). The summed E-state index contributed by atoms with van der Waals surface area (Å²) in [6, 6.07) is 26.9. The predicted molar refractivity (Wildman–Crippen MR) is 147 cm³/mol. The van der Waals surface area contributed by atoms with Crippen LogP contribution < -0.4 is 4.74 Å². The third-order valence-electron chi connectivity index (χ3n) is 6.53. The quantitative estimate of drug-likeness (QED) is 0.209. The molecule has 1 unspecified atom stereocenters. The number of ether oxygens (including phenoxy) is 1. The van der Waals surface area contributed by atoms with Crippen molar-refractivity contribution in [2.24, 2.45) is 0 Å². The van der Waals surface area contributed by atoms with Crippen molar-refractivity contribution in [1.29, 1.82) is 0 Å². The first kappa shape index (κ1) is 25.7. The highest BCUT2D eigenvalue weighted by Gasteiger charge is 2.21. The zero-order chi connectivity index (χ0) is 27.2. The molecule has 0 bridgehead atoms. The third-order valence-corrected chi connectivity index (χ3v) is 6.53. The van der Waals surface area contributed by atoms with E-state index >= 15 is 0 Å². The number of benzene rings is 3. The van der Waals surface area contributed by atoms with Crippen LogP contribution in [-0.2, 0) is 17.6 Å². The van der Waals surface area contributed by atoms with Gasteiger partial charge in [0.05, 0.1) is 12.3 Å². The van der Waals surface area contributed by atoms with Crippen molar-refractivity contribution in [1.82, 2.24) is 9.55 Å². The molecule has 7 heteroatoms. The first-order valence-electron chi connectivity index (χ1n) is 12.7. The average molecular weight is 521 g/mol. The highest BCUT2D eigenvalue weighted by atomic mass is 16.5. The molecule has 0 aliphatic carbocycles. The van der Waals surface area contributed by atoms with E-state index in [1.54, 1.807) is 47.3 Å². The molecule has 0 aliphatic rings. The van der Waals surface area contributed by atoms with Gasteiger partial charge in [-0.05, 0) is 42.8 Å². The Labute approximate surface area is 226 Å². The van der Waals surface area contributed by atoms with Gasteiger partial charge in [0.1, 0.15) is 17.6 Å². The summed E-state index contributed by atoms with van der Waals surface area (Å²) in [5.41, 5.74) is 3.65. The second-order valence-electron chi connectivity index (χ2n) is 9.23. The van der Waals surface area contributed by atoms with E-state index in [2.05, 4.69) is 4.98 Å². The van der Waals surface area contributed by atoms with Crippen LogP contribution in [-0.4, -0.2) is 33.0 Å². The molecule has 7 nitrogen and oxygen atoms in total. The van der Waals surface area contributed by atoms with Crippen molar-refractivity contribution < 1.29 is 23.8 Å². The summed E-state index contributed by atoms with van der Waals surface area (Å²) in [5, 5.41) is 9.88. The van der Waals surface area contributed by atoms with Crippen LogP contribution in [0.15, 0.2) is 108 Å². The van der Waals surface area contributed by atoms with E-state index in [9.17, 15) is 14.7 Å². The maximum Gasteiger partial charge on any atom is 0.327 e. The number of aromatic nitrogens is 2. The molecule has 0 spiro atoms. The van der Waals surface area contributed by atoms with Crippen LogP contribution in [0.3, 0.4) is 0 Å². The minimum Gasteiger partial charge on any atom is -0.493 e. The SMILES string of the molecule is Cc1oc(-c2ccccc2)nc1CCOc1ccc(CC(C(=O)O)n2ccc(C(=O)c3ccccc3)c2)cc1. The fourth-order valence-corrected chi connectivity index (χ4v) is 4.39. The van der Waals surface area contributed by atoms with Gasteiger partial charge in [0.15, 0.2) is 5.78 Å². The first-order valence-corrected chi connectivity index (χ1v) is 12.7. The van der Waals surface area contributed by atoms with Crippen LogP contribution in [0.4, 0.5) is 0 Å². The number of rotatable bonds is 11. The van der Waals surface area contributed by atoms with Crippen molar-refractivity contribution in [3.63, 3.8) is 0 Å². The van der Waals surface area contributed by atoms with Gasteiger partial charge >= 0.3 is 5.97 Å². The summed E-state index contributed by atoms with van der Waals surface area (Å²) in [7, 11) is 0. The van der Waals surface area contributed by atoms with Gasteiger partial charge in [0, 0.05) is 41.9 Å². The van der Waals surface area contributed by atoms with Crippen LogP contribution >= 0.6 is 0 Å². The average Bonchev–Trinajstić information content (AvgIpc) is 3.60. The lowest BCUT2D eigenvalue weighted by Gasteiger charge is -2.15. The Balaban J connectivity index is 1.18. The number of aliphatic carboxylic acids is 1. The molecular formula is C32H28N2O5. The molecule has 0 amide bonds. The molecule has 196 valence electrons. The number of oxazole rings is 1. The van der Waals surface area contributed by atoms with Gasteiger partial charge in [-0.3, -0.25) is 4.79 Å². The van der Waals surface area contributed by atoms with Gasteiger partial charge in [-0.15, -0.1) is 0 Å². The van der Waals surface area contributed by atoms with Gasteiger partial charge in [-0.25, -0.2) is 9.78 Å². The van der Waals surface area contributed by atoms with E-state index in [0.29, 0.717) is 35.8 Å². The minimum atomic E-state index is -0.970. The van der Waals surface area contributed by atoms with Crippen LogP contribution in [0.5, 0.6) is 5.75 Å². The van der Waals surface area contributed by atoms with E-state index in [1.807, 2.05) is 67.6 Å². The highest BCUT2D eigenvalue weighted by Crippen LogP contribution is 2.23. The molecule has 39 heavy (non-hydrogen) atoms. The van der Waals surface area contributed by atoms with Crippen LogP contribution in [0, 0.1) is 6.92 Å². The van der Waals surface area contributed by atoms with Crippen molar-refractivity contribution >= 4 is 11.8 Å². The van der Waals surface area contributed by atoms with Crippen molar-refractivity contribution in [3.05, 3.63) is 132 Å². The molecule has 0 saturated carbocycles. The number of hydrogen-bond donors (Lipinski definition) is 1. The first-order chi connectivity index (χ1) is 19.0. The summed E-state index contributed by atoms with van der Waals surface area (Å²) in [4.78, 5) is 29.4. The summed E-state index contributed by atoms with van der Waals surface area (Å²) in [6.45, 7) is 2.33. The predicted octanol–water partition coefficient (Wildman–Crippen LogP) is 6.17. The van der Waals surface area contributed by atoms with E-state index < -0.39 is 12.0 Å². The molecule has 0 aliphatic heterocycles. The number of carbonyl (C=O) groups is 2. The van der Waals surface area contributed by atoms with E-state index in [4.69, 9.17) is 9.15 Å². The molecular weight excluding hydrogens is 492 g/mol. The van der Waals surface area contributed by atoms with Gasteiger partial charge < -0.3 is 18.8 Å². The van der Waals surface area contributed by atoms with Gasteiger partial charge in [-0.1, -0.05) is 60.7 Å². The maximum atomic E-state index is 12.7. The molecule has 2 aromatic heterocycles. The summed E-state index contributed by atoms with van der Waals surface area (Å²) < 4.78 is 13.3. The minimum absolute atomic E-state index is 0.142. The largest absolute Gasteiger partial charge is 0.493 e. The lowest BCUT2D eigenvalue weighted by molar-refractivity contribution is -0.140. The van der Waals surface area contributed by atoms with Crippen molar-refractivity contribution in [2.75, 3.05) is 6.61 Å². The maximum absolute atomic E-state index is 12.7. The van der Waals surface area contributed by atoms with Gasteiger partial charge in [-0.2, -0.15) is 0 Å². The highest BCUT2D eigenvalue weighted by molar-refractivity contribution is 6.08. The van der Waals surface area contributed by atoms with Crippen LogP contribution in [0.1, 0.15) is 39.0 Å².